The van der Waals surface area contributed by atoms with Gasteiger partial charge < -0.3 is 15.0 Å². The first-order valence-corrected chi connectivity index (χ1v) is 12.0. The predicted molar refractivity (Wildman–Crippen MR) is 124 cm³/mol. The van der Waals surface area contributed by atoms with Crippen molar-refractivity contribution >= 4 is 21.6 Å². The Bertz CT molecular complexity index is 1360. The Kier molecular flexibility index (Phi) is 6.30. The van der Waals surface area contributed by atoms with Gasteiger partial charge in [-0.3, -0.25) is 9.59 Å². The fourth-order valence-electron chi connectivity index (χ4n) is 3.29. The number of carbonyl (C=O) groups excluding carboxylic acids is 1. The summed E-state index contributed by atoms with van der Waals surface area (Å²) in [6.07, 6.45) is 2.20. The van der Waals surface area contributed by atoms with E-state index in [4.69, 9.17) is 4.74 Å². The molecule has 10 heteroatoms. The van der Waals surface area contributed by atoms with Gasteiger partial charge in [-0.15, -0.1) is 0 Å². The fourth-order valence-corrected chi connectivity index (χ4v) is 4.79. The molecule has 0 atom stereocenters. The maximum atomic E-state index is 12.9. The van der Waals surface area contributed by atoms with Crippen LogP contribution < -0.4 is 20.3 Å². The topological polar surface area (TPSA) is 130 Å². The molecule has 33 heavy (non-hydrogen) atoms. The molecule has 1 heterocycles. The molecule has 0 radical (unpaired) electrons. The molecule has 1 fully saturated rings. The number of aromatic nitrogens is 2. The van der Waals surface area contributed by atoms with E-state index in [1.165, 1.54) is 31.4 Å². The van der Waals surface area contributed by atoms with Gasteiger partial charge >= 0.3 is 0 Å². The van der Waals surface area contributed by atoms with E-state index in [2.05, 4.69) is 20.0 Å². The van der Waals surface area contributed by atoms with Crippen LogP contribution in [0.1, 0.15) is 35.8 Å². The normalized spacial score (nSPS) is 13.5. The predicted octanol–water partition coefficient (Wildman–Crippen LogP) is 2.70. The second-order valence-electron chi connectivity index (χ2n) is 7.74. The quantitative estimate of drug-likeness (QED) is 0.466. The molecule has 0 bridgehead atoms. The third-order valence-electron chi connectivity index (χ3n) is 5.17. The van der Waals surface area contributed by atoms with Gasteiger partial charge in [0.25, 0.3) is 11.5 Å². The molecule has 0 spiro atoms. The molecule has 1 aliphatic carbocycles. The number of rotatable bonds is 8. The molecule has 1 aromatic heterocycles. The molecule has 1 saturated carbocycles. The first-order valence-electron chi connectivity index (χ1n) is 10.5. The van der Waals surface area contributed by atoms with Crippen LogP contribution in [0.25, 0.3) is 11.4 Å². The summed E-state index contributed by atoms with van der Waals surface area (Å²) in [5.41, 5.74) is 1.68. The van der Waals surface area contributed by atoms with Crippen molar-refractivity contribution in [3.8, 4) is 17.1 Å². The zero-order valence-electron chi connectivity index (χ0n) is 18.2. The molecule has 3 N–H and O–H groups in total. The van der Waals surface area contributed by atoms with Crippen LogP contribution in [-0.2, 0) is 16.4 Å². The van der Waals surface area contributed by atoms with Crippen molar-refractivity contribution in [1.82, 2.24) is 14.7 Å². The summed E-state index contributed by atoms with van der Waals surface area (Å²) in [5, 5.41) is 2.77. The summed E-state index contributed by atoms with van der Waals surface area (Å²) < 4.78 is 33.2. The Labute approximate surface area is 191 Å². The van der Waals surface area contributed by atoms with Crippen LogP contribution in [0.4, 0.5) is 5.69 Å². The van der Waals surface area contributed by atoms with Crippen LogP contribution in [-0.4, -0.2) is 37.4 Å². The van der Waals surface area contributed by atoms with Crippen molar-refractivity contribution in [2.24, 2.45) is 0 Å². The average molecular weight is 469 g/mol. The number of H-pyrrole nitrogens is 1. The average Bonchev–Trinajstić information content (AvgIpc) is 3.61. The third kappa shape index (κ3) is 5.29. The lowest BCUT2D eigenvalue weighted by Crippen LogP contribution is -2.26. The Morgan fingerprint density at radius 2 is 1.97 bits per heavy atom. The number of amides is 1. The lowest BCUT2D eigenvalue weighted by Gasteiger charge is -2.13. The summed E-state index contributed by atoms with van der Waals surface area (Å²) >= 11 is 0. The monoisotopic (exact) mass is 468 g/mol. The van der Waals surface area contributed by atoms with Crippen molar-refractivity contribution in [2.45, 2.75) is 37.1 Å². The molecule has 0 aliphatic heterocycles. The van der Waals surface area contributed by atoms with E-state index >= 15 is 0 Å². The van der Waals surface area contributed by atoms with Gasteiger partial charge in [-0.2, -0.15) is 0 Å². The lowest BCUT2D eigenvalue weighted by atomic mass is 10.1. The number of anilines is 1. The number of aryl methyl sites for hydroxylation is 1. The Morgan fingerprint density at radius 1 is 1.18 bits per heavy atom. The minimum Gasteiger partial charge on any atom is -0.495 e. The molecule has 172 valence electrons. The Hall–Kier alpha value is -3.50. The second-order valence-corrected chi connectivity index (χ2v) is 9.42. The largest absolute Gasteiger partial charge is 0.495 e. The summed E-state index contributed by atoms with van der Waals surface area (Å²) in [7, 11) is -2.44. The van der Waals surface area contributed by atoms with Crippen molar-refractivity contribution in [3.63, 3.8) is 0 Å². The van der Waals surface area contributed by atoms with Crippen LogP contribution >= 0.6 is 0 Å². The number of carbonyl (C=O) groups is 1. The van der Waals surface area contributed by atoms with Crippen LogP contribution in [0.3, 0.4) is 0 Å². The number of hydrogen-bond donors (Lipinski definition) is 3. The Balaban J connectivity index is 1.60. The van der Waals surface area contributed by atoms with Gasteiger partial charge in [0.05, 0.1) is 7.11 Å². The van der Waals surface area contributed by atoms with Gasteiger partial charge in [-0.1, -0.05) is 19.1 Å². The Morgan fingerprint density at radius 3 is 2.67 bits per heavy atom. The van der Waals surface area contributed by atoms with Gasteiger partial charge in [0.15, 0.2) is 0 Å². The first-order chi connectivity index (χ1) is 15.8. The van der Waals surface area contributed by atoms with Crippen molar-refractivity contribution in [1.29, 1.82) is 0 Å². The molecule has 3 aromatic rings. The summed E-state index contributed by atoms with van der Waals surface area (Å²) in [5.74, 6) is 0.0772. The SMILES string of the molecule is CCc1cc(=O)[nH]c(-c2cccc(NC(=O)c3ccc(OC)c(S(=O)(=O)NC4CC4)c3)c2)n1. The van der Waals surface area contributed by atoms with E-state index in [1.807, 2.05) is 6.92 Å². The number of hydrogen-bond acceptors (Lipinski definition) is 6. The standard InChI is InChI=1S/C23H24N4O5S/c1-3-16-13-21(28)26-22(24-16)14-5-4-6-18(11-14)25-23(29)15-7-10-19(32-2)20(12-15)33(30,31)27-17-8-9-17/h4-7,10-13,17,27H,3,8-9H2,1-2H3,(H,25,29)(H,24,26,28). The maximum absolute atomic E-state index is 12.9. The van der Waals surface area contributed by atoms with Crippen molar-refractivity contribution in [3.05, 3.63) is 70.1 Å². The summed E-state index contributed by atoms with van der Waals surface area (Å²) in [4.78, 5) is 31.8. The summed E-state index contributed by atoms with van der Waals surface area (Å²) in [6, 6.07) is 12.5. The fraction of sp³-hybridized carbons (Fsp3) is 0.261. The minimum atomic E-state index is -3.82. The van der Waals surface area contributed by atoms with E-state index < -0.39 is 15.9 Å². The number of nitrogens with one attached hydrogen (secondary N) is 3. The van der Waals surface area contributed by atoms with Crippen LogP contribution in [0.5, 0.6) is 5.75 Å². The lowest BCUT2D eigenvalue weighted by molar-refractivity contribution is 0.102. The molecule has 2 aromatic carbocycles. The maximum Gasteiger partial charge on any atom is 0.255 e. The highest BCUT2D eigenvalue weighted by Crippen LogP contribution is 2.29. The number of benzene rings is 2. The van der Waals surface area contributed by atoms with Gasteiger partial charge in [0.1, 0.15) is 16.5 Å². The van der Waals surface area contributed by atoms with E-state index in [0.29, 0.717) is 29.2 Å². The number of methoxy groups -OCH3 is 1. The smallest absolute Gasteiger partial charge is 0.255 e. The zero-order chi connectivity index (χ0) is 23.6. The van der Waals surface area contributed by atoms with Gasteiger partial charge in [-0.25, -0.2) is 18.1 Å². The highest BCUT2D eigenvalue weighted by molar-refractivity contribution is 7.89. The molecule has 4 rings (SSSR count). The molecule has 1 amide bonds. The van der Waals surface area contributed by atoms with Crippen molar-refractivity contribution in [2.75, 3.05) is 12.4 Å². The van der Waals surface area contributed by atoms with E-state index in [-0.39, 0.29) is 27.8 Å². The second kappa shape index (κ2) is 9.16. The molecule has 0 unspecified atom stereocenters. The van der Waals surface area contributed by atoms with E-state index in [9.17, 15) is 18.0 Å². The number of nitrogens with zero attached hydrogens (tertiary/aromatic N) is 1. The molecule has 1 aliphatic rings. The third-order valence-corrected chi connectivity index (χ3v) is 6.71. The number of sulfonamides is 1. The molecular weight excluding hydrogens is 444 g/mol. The highest BCUT2D eigenvalue weighted by Gasteiger charge is 2.30. The van der Waals surface area contributed by atoms with Crippen LogP contribution in [0, 0.1) is 0 Å². The molecular formula is C23H24N4O5S. The molecule has 0 saturated heterocycles. The van der Waals surface area contributed by atoms with Crippen LogP contribution in [0.15, 0.2) is 58.2 Å². The highest BCUT2D eigenvalue weighted by atomic mass is 32.2. The zero-order valence-corrected chi connectivity index (χ0v) is 19.0. The first kappa shape index (κ1) is 22.7. The number of aromatic amines is 1. The van der Waals surface area contributed by atoms with Crippen LogP contribution in [0.2, 0.25) is 0 Å². The minimum absolute atomic E-state index is 0.0776. The van der Waals surface area contributed by atoms with Crippen molar-refractivity contribution < 1.29 is 17.9 Å². The number of ether oxygens (including phenoxy) is 1. The van der Waals surface area contributed by atoms with E-state index in [1.54, 1.807) is 24.3 Å². The van der Waals surface area contributed by atoms with E-state index in [0.717, 1.165) is 12.8 Å². The van der Waals surface area contributed by atoms with Gasteiger partial charge in [0.2, 0.25) is 10.0 Å². The summed E-state index contributed by atoms with van der Waals surface area (Å²) in [6.45, 7) is 1.91. The van der Waals surface area contributed by atoms with Gasteiger partial charge in [0, 0.05) is 34.6 Å². The molecule has 9 nitrogen and oxygen atoms in total. The van der Waals surface area contributed by atoms with Gasteiger partial charge in [-0.05, 0) is 49.6 Å².